The van der Waals surface area contributed by atoms with Gasteiger partial charge in [0.25, 0.3) is 5.88 Å². The summed E-state index contributed by atoms with van der Waals surface area (Å²) in [6, 6.07) is 5.89. The average Bonchev–Trinajstić information content (AvgIpc) is 2.96. The topological polar surface area (TPSA) is 112 Å². The largest absolute Gasteiger partial charge is 0.411 e. The van der Waals surface area contributed by atoms with Crippen molar-refractivity contribution in [2.45, 2.75) is 52.9 Å². The first-order valence-corrected chi connectivity index (χ1v) is 9.33. The zero-order valence-corrected chi connectivity index (χ0v) is 16.7. The van der Waals surface area contributed by atoms with Gasteiger partial charge in [0.2, 0.25) is 0 Å². The number of amides is 1. The molecule has 0 unspecified atom stereocenters. The lowest BCUT2D eigenvalue weighted by molar-refractivity contribution is 0.0582. The van der Waals surface area contributed by atoms with Crippen molar-refractivity contribution in [2.75, 3.05) is 6.61 Å². The Labute approximate surface area is 163 Å². The second kappa shape index (κ2) is 7.73. The molecule has 3 N–H and O–H groups in total. The van der Waals surface area contributed by atoms with E-state index >= 15 is 0 Å². The summed E-state index contributed by atoms with van der Waals surface area (Å²) < 4.78 is 12.7. The molecule has 1 aromatic carbocycles. The van der Waals surface area contributed by atoms with Crippen molar-refractivity contribution in [2.24, 2.45) is 5.73 Å². The van der Waals surface area contributed by atoms with Crippen LogP contribution < -0.4 is 10.5 Å². The number of carbonyl (C=O) groups excluding carboxylic acids is 1. The van der Waals surface area contributed by atoms with Crippen molar-refractivity contribution in [1.29, 1.82) is 0 Å². The van der Waals surface area contributed by atoms with Gasteiger partial charge in [0.1, 0.15) is 12.4 Å². The van der Waals surface area contributed by atoms with Crippen LogP contribution in [0.25, 0.3) is 21.9 Å². The van der Waals surface area contributed by atoms with Gasteiger partial charge in [-0.05, 0) is 32.8 Å². The molecule has 3 aromatic rings. The van der Waals surface area contributed by atoms with Crippen LogP contribution in [0.2, 0.25) is 0 Å². The normalized spacial score (nSPS) is 12.0. The third-order valence-corrected chi connectivity index (χ3v) is 4.40. The maximum Gasteiger partial charge on any atom is 0.411 e. The molecule has 3 rings (SSSR count). The number of hydrogen-bond acceptors (Lipinski definition) is 6. The number of benzene rings is 1. The fraction of sp³-hybridized carbons (Fsp3) is 0.450. The first-order valence-electron chi connectivity index (χ1n) is 9.33. The molecule has 0 saturated carbocycles. The molecule has 28 heavy (non-hydrogen) atoms. The molecule has 0 spiro atoms. The molecule has 2 heterocycles. The van der Waals surface area contributed by atoms with Gasteiger partial charge in [-0.25, -0.2) is 14.8 Å². The van der Waals surface area contributed by atoms with Crippen molar-refractivity contribution in [3.63, 3.8) is 0 Å². The molecular formula is C20H26N4O4. The lowest BCUT2D eigenvalue weighted by atomic mass is 10.1. The van der Waals surface area contributed by atoms with Crippen molar-refractivity contribution in [1.82, 2.24) is 14.5 Å². The van der Waals surface area contributed by atoms with Gasteiger partial charge in [-0.3, -0.25) is 0 Å². The third-order valence-electron chi connectivity index (χ3n) is 4.40. The minimum absolute atomic E-state index is 0.0585. The molecule has 2 aromatic heterocycles. The molecule has 0 bridgehead atoms. The molecule has 0 fully saturated rings. The summed E-state index contributed by atoms with van der Waals surface area (Å²) in [5, 5.41) is 11.3. The van der Waals surface area contributed by atoms with E-state index in [0.717, 1.165) is 22.9 Å². The smallest absolute Gasteiger partial charge is 0.389 e. The van der Waals surface area contributed by atoms with E-state index in [1.165, 1.54) is 0 Å². The first kappa shape index (κ1) is 20.0. The fourth-order valence-corrected chi connectivity index (χ4v) is 3.30. The maximum atomic E-state index is 11.5. The SMILES string of the molecule is CCOCc1nc2c(OC(N)=O)nc3c(CC)cccc3c2n1CC(C)(C)O. The van der Waals surface area contributed by atoms with Gasteiger partial charge in [-0.2, -0.15) is 0 Å². The van der Waals surface area contributed by atoms with Crippen molar-refractivity contribution in [3.05, 3.63) is 29.6 Å². The van der Waals surface area contributed by atoms with Crippen LogP contribution in [0, 0.1) is 0 Å². The van der Waals surface area contributed by atoms with Crippen molar-refractivity contribution in [3.8, 4) is 5.88 Å². The van der Waals surface area contributed by atoms with E-state index in [1.54, 1.807) is 13.8 Å². The van der Waals surface area contributed by atoms with Crippen LogP contribution in [0.1, 0.15) is 39.1 Å². The van der Waals surface area contributed by atoms with E-state index in [0.29, 0.717) is 23.5 Å². The molecule has 150 valence electrons. The Balaban J connectivity index is 2.41. The lowest BCUT2D eigenvalue weighted by Gasteiger charge is -2.21. The van der Waals surface area contributed by atoms with Gasteiger partial charge < -0.3 is 24.9 Å². The molecule has 0 radical (unpaired) electrons. The summed E-state index contributed by atoms with van der Waals surface area (Å²) in [5.41, 5.74) is 7.14. The van der Waals surface area contributed by atoms with Crippen LogP contribution in [0.4, 0.5) is 4.79 Å². The molecule has 0 atom stereocenters. The fourth-order valence-electron chi connectivity index (χ4n) is 3.30. The number of aryl methyl sites for hydroxylation is 1. The summed E-state index contributed by atoms with van der Waals surface area (Å²) in [4.78, 5) is 20.6. The van der Waals surface area contributed by atoms with E-state index in [4.69, 9.17) is 15.2 Å². The standard InChI is InChI=1S/C20H26N4O4/c1-5-12-8-7-9-13-15(12)23-18(28-19(21)25)16-17(13)24(11-20(3,4)26)14(22-16)10-27-6-2/h7-9,26H,5-6,10-11H2,1-4H3,(H2,21,25). The summed E-state index contributed by atoms with van der Waals surface area (Å²) in [5.74, 6) is 0.674. The minimum atomic E-state index is -0.989. The van der Waals surface area contributed by atoms with E-state index in [2.05, 4.69) is 9.97 Å². The van der Waals surface area contributed by atoms with Crippen LogP contribution in [0.15, 0.2) is 18.2 Å². The number of nitrogens with two attached hydrogens (primary N) is 1. The highest BCUT2D eigenvalue weighted by atomic mass is 16.6. The number of aromatic nitrogens is 3. The van der Waals surface area contributed by atoms with Crippen LogP contribution in [0.5, 0.6) is 5.88 Å². The minimum Gasteiger partial charge on any atom is -0.389 e. The Morgan fingerprint density at radius 1 is 1.25 bits per heavy atom. The van der Waals surface area contributed by atoms with Gasteiger partial charge >= 0.3 is 6.09 Å². The second-order valence-corrected chi connectivity index (χ2v) is 7.27. The molecule has 0 aliphatic carbocycles. The maximum absolute atomic E-state index is 11.5. The van der Waals surface area contributed by atoms with Crippen LogP contribution in [-0.2, 0) is 24.3 Å². The molecular weight excluding hydrogens is 360 g/mol. The van der Waals surface area contributed by atoms with Crippen molar-refractivity contribution >= 4 is 28.0 Å². The van der Waals surface area contributed by atoms with Gasteiger partial charge in [0.15, 0.2) is 5.52 Å². The highest BCUT2D eigenvalue weighted by Crippen LogP contribution is 2.34. The number of primary amides is 1. The number of pyridine rings is 1. The number of rotatable bonds is 7. The predicted octanol–water partition coefficient (Wildman–Crippen LogP) is 2.91. The Morgan fingerprint density at radius 3 is 2.61 bits per heavy atom. The van der Waals surface area contributed by atoms with E-state index in [1.807, 2.05) is 36.6 Å². The zero-order chi connectivity index (χ0) is 20.5. The molecule has 1 amide bonds. The van der Waals surface area contributed by atoms with Gasteiger partial charge in [0.05, 0.1) is 23.2 Å². The van der Waals surface area contributed by atoms with E-state index in [-0.39, 0.29) is 19.0 Å². The number of carbonyl (C=O) groups is 1. The number of fused-ring (bicyclic) bond motifs is 3. The van der Waals surface area contributed by atoms with Gasteiger partial charge in [-0.1, -0.05) is 25.1 Å². The summed E-state index contributed by atoms with van der Waals surface area (Å²) in [7, 11) is 0. The van der Waals surface area contributed by atoms with Crippen LogP contribution in [0.3, 0.4) is 0 Å². The van der Waals surface area contributed by atoms with Gasteiger partial charge in [-0.15, -0.1) is 0 Å². The number of para-hydroxylation sites is 1. The lowest BCUT2D eigenvalue weighted by Crippen LogP contribution is -2.27. The van der Waals surface area contributed by atoms with Crippen molar-refractivity contribution < 1.29 is 19.4 Å². The number of ether oxygens (including phenoxy) is 2. The molecule has 0 aliphatic rings. The number of aliphatic hydroxyl groups is 1. The molecule has 8 nitrogen and oxygen atoms in total. The van der Waals surface area contributed by atoms with Gasteiger partial charge in [0, 0.05) is 12.0 Å². The average molecular weight is 386 g/mol. The second-order valence-electron chi connectivity index (χ2n) is 7.27. The Bertz CT molecular complexity index is 1020. The highest BCUT2D eigenvalue weighted by molar-refractivity contribution is 6.06. The zero-order valence-electron chi connectivity index (χ0n) is 16.7. The predicted molar refractivity (Wildman–Crippen MR) is 106 cm³/mol. The summed E-state index contributed by atoms with van der Waals surface area (Å²) in [6.45, 7) is 8.45. The number of nitrogens with zero attached hydrogens (tertiary/aromatic N) is 3. The number of imidazole rings is 1. The summed E-state index contributed by atoms with van der Waals surface area (Å²) in [6.07, 6.45) is -0.192. The van der Waals surface area contributed by atoms with E-state index in [9.17, 15) is 9.90 Å². The van der Waals surface area contributed by atoms with Crippen LogP contribution in [-0.4, -0.2) is 37.9 Å². The monoisotopic (exact) mass is 386 g/mol. The Morgan fingerprint density at radius 2 is 2.00 bits per heavy atom. The van der Waals surface area contributed by atoms with E-state index < -0.39 is 11.7 Å². The first-order chi connectivity index (χ1) is 13.2. The molecule has 0 aliphatic heterocycles. The molecule has 8 heteroatoms. The third kappa shape index (κ3) is 3.93. The highest BCUT2D eigenvalue weighted by Gasteiger charge is 2.24. The Kier molecular flexibility index (Phi) is 5.53. The van der Waals surface area contributed by atoms with Crippen LogP contribution >= 0.6 is 0 Å². The molecule has 0 saturated heterocycles. The number of hydrogen-bond donors (Lipinski definition) is 2. The summed E-state index contributed by atoms with van der Waals surface area (Å²) >= 11 is 0. The Hall–Kier alpha value is -2.71. The quantitative estimate of drug-likeness (QED) is 0.646.